The Kier molecular flexibility index (Phi) is 13.8. The molecule has 1 amide bonds. The molecular weight excluding hydrogens is 458 g/mol. The highest BCUT2D eigenvalue weighted by Gasteiger charge is 2.53. The predicted octanol–water partition coefficient (Wildman–Crippen LogP) is 5.70. The van der Waals surface area contributed by atoms with Gasteiger partial charge >= 0.3 is 11.9 Å². The first kappa shape index (κ1) is 30.6. The van der Waals surface area contributed by atoms with Gasteiger partial charge in [0, 0.05) is 13.0 Å². The lowest BCUT2D eigenvalue weighted by Gasteiger charge is -2.29. The number of likely N-dealkylation sites (tertiary alicyclic amines) is 1. The van der Waals surface area contributed by atoms with Crippen LogP contribution in [0.4, 0.5) is 0 Å². The van der Waals surface area contributed by atoms with Crippen molar-refractivity contribution in [3.63, 3.8) is 0 Å². The van der Waals surface area contributed by atoms with Crippen LogP contribution in [-0.4, -0.2) is 59.3 Å². The quantitative estimate of drug-likeness (QED) is 0.177. The highest BCUT2D eigenvalue weighted by Crippen LogP contribution is 2.37. The van der Waals surface area contributed by atoms with Gasteiger partial charge in [0.25, 0.3) is 0 Å². The zero-order valence-electron chi connectivity index (χ0n) is 23.1. The van der Waals surface area contributed by atoms with Gasteiger partial charge in [-0.05, 0) is 26.2 Å². The normalized spacial score (nSPS) is 26.0. The van der Waals surface area contributed by atoms with Gasteiger partial charge in [-0.25, -0.2) is 4.79 Å². The van der Waals surface area contributed by atoms with Crippen LogP contribution in [0.25, 0.3) is 0 Å². The van der Waals surface area contributed by atoms with Gasteiger partial charge in [0.05, 0.1) is 7.11 Å². The third kappa shape index (κ3) is 9.35. The molecule has 0 aliphatic carbocycles. The Labute approximate surface area is 218 Å². The molecular formula is C29H51NO6. The van der Waals surface area contributed by atoms with Crippen molar-refractivity contribution in [1.82, 2.24) is 4.90 Å². The topological polar surface area (TPSA) is 93.1 Å². The molecule has 0 aromatic rings. The van der Waals surface area contributed by atoms with Gasteiger partial charge in [0.15, 0.2) is 0 Å². The zero-order valence-corrected chi connectivity index (χ0v) is 23.1. The summed E-state index contributed by atoms with van der Waals surface area (Å²) in [7, 11) is 1.29. The van der Waals surface area contributed by atoms with Crippen LogP contribution in [0.3, 0.4) is 0 Å². The van der Waals surface area contributed by atoms with E-state index in [-0.39, 0.29) is 18.9 Å². The van der Waals surface area contributed by atoms with Gasteiger partial charge in [-0.15, -0.1) is 0 Å². The van der Waals surface area contributed by atoms with Crippen LogP contribution in [0.2, 0.25) is 0 Å². The minimum Gasteiger partial charge on any atom is -0.467 e. The lowest BCUT2D eigenvalue weighted by molar-refractivity contribution is -0.153. The van der Waals surface area contributed by atoms with Crippen LogP contribution in [0.5, 0.6) is 0 Å². The van der Waals surface area contributed by atoms with Crippen molar-refractivity contribution >= 4 is 17.8 Å². The smallest absolute Gasteiger partial charge is 0.328 e. The maximum Gasteiger partial charge on any atom is 0.328 e. The first-order chi connectivity index (χ1) is 17.3. The molecule has 7 heteroatoms. The van der Waals surface area contributed by atoms with Crippen molar-refractivity contribution in [2.45, 2.75) is 147 Å². The first-order valence-corrected chi connectivity index (χ1v) is 14.6. The van der Waals surface area contributed by atoms with Gasteiger partial charge in [-0.2, -0.15) is 0 Å². The van der Waals surface area contributed by atoms with Gasteiger partial charge in [0.1, 0.15) is 23.7 Å². The van der Waals surface area contributed by atoms with E-state index >= 15 is 0 Å². The number of hydrogen-bond acceptors (Lipinski definition) is 6. The molecule has 36 heavy (non-hydrogen) atoms. The summed E-state index contributed by atoms with van der Waals surface area (Å²) < 4.78 is 10.4. The van der Waals surface area contributed by atoms with Crippen LogP contribution in [0.15, 0.2) is 0 Å². The number of hydrogen-bond donors (Lipinski definition) is 1. The molecule has 0 radical (unpaired) electrons. The third-order valence-corrected chi connectivity index (χ3v) is 8.11. The Bertz CT molecular complexity index is 683. The standard InChI is InChI=1S/C29H51NO6/c1-4-5-6-7-8-9-10-11-12-13-14-15-16-17-18-21-29(2)26(32)23(27(33)36-29)22-30-24(28(34)35-3)19-20-25(30)31/h23-24,26,32H,4-22H2,1-3H3/t23-,24-,26-,29+/m0/s1. The van der Waals surface area contributed by atoms with E-state index in [1.165, 1.54) is 89.1 Å². The van der Waals surface area contributed by atoms with Crippen LogP contribution in [0.1, 0.15) is 129 Å². The third-order valence-electron chi connectivity index (χ3n) is 8.11. The lowest BCUT2D eigenvalue weighted by Crippen LogP contribution is -2.47. The number of carbonyl (C=O) groups is 3. The van der Waals surface area contributed by atoms with E-state index < -0.39 is 35.6 Å². The summed E-state index contributed by atoms with van der Waals surface area (Å²) in [5, 5.41) is 10.9. The number of ether oxygens (including phenoxy) is 2. The molecule has 1 N–H and O–H groups in total. The largest absolute Gasteiger partial charge is 0.467 e. The van der Waals surface area contributed by atoms with E-state index in [0.29, 0.717) is 12.8 Å². The average molecular weight is 510 g/mol. The summed E-state index contributed by atoms with van der Waals surface area (Å²) in [5.74, 6) is -2.00. The highest BCUT2D eigenvalue weighted by molar-refractivity contribution is 5.88. The van der Waals surface area contributed by atoms with E-state index in [4.69, 9.17) is 9.47 Å². The molecule has 7 nitrogen and oxygen atoms in total. The second-order valence-corrected chi connectivity index (χ2v) is 11.1. The maximum atomic E-state index is 12.6. The molecule has 208 valence electrons. The molecule has 4 atom stereocenters. The summed E-state index contributed by atoms with van der Waals surface area (Å²) >= 11 is 0. The van der Waals surface area contributed by atoms with Crippen molar-refractivity contribution in [3.8, 4) is 0 Å². The Morgan fingerprint density at radius 2 is 1.44 bits per heavy atom. The number of amides is 1. The fraction of sp³-hybridized carbons (Fsp3) is 0.897. The molecule has 2 fully saturated rings. The Morgan fingerprint density at radius 1 is 0.944 bits per heavy atom. The fourth-order valence-corrected chi connectivity index (χ4v) is 5.70. The summed E-state index contributed by atoms with van der Waals surface area (Å²) in [5.41, 5.74) is -0.943. The number of nitrogens with zero attached hydrogens (tertiary/aromatic N) is 1. The lowest BCUT2D eigenvalue weighted by atomic mass is 9.87. The number of esters is 2. The molecule has 2 aliphatic rings. The van der Waals surface area contributed by atoms with E-state index in [1.807, 2.05) is 0 Å². The van der Waals surface area contributed by atoms with Gasteiger partial charge in [0.2, 0.25) is 5.91 Å². The number of methoxy groups -OCH3 is 1. The number of cyclic esters (lactones) is 1. The Balaban J connectivity index is 1.58. The van der Waals surface area contributed by atoms with E-state index in [1.54, 1.807) is 6.92 Å². The van der Waals surface area contributed by atoms with Crippen molar-refractivity contribution in [1.29, 1.82) is 0 Å². The Morgan fingerprint density at radius 3 is 1.94 bits per heavy atom. The number of rotatable bonds is 19. The van der Waals surface area contributed by atoms with Crippen molar-refractivity contribution in [2.75, 3.05) is 13.7 Å². The minimum absolute atomic E-state index is 0.00690. The van der Waals surface area contributed by atoms with E-state index in [9.17, 15) is 19.5 Å². The van der Waals surface area contributed by atoms with Gasteiger partial charge < -0.3 is 19.5 Å². The van der Waals surface area contributed by atoms with Crippen molar-refractivity contribution < 1.29 is 29.0 Å². The summed E-state index contributed by atoms with van der Waals surface area (Å²) in [6.07, 6.45) is 19.5. The Hall–Kier alpha value is -1.63. The second kappa shape index (κ2) is 16.3. The van der Waals surface area contributed by atoms with Crippen LogP contribution >= 0.6 is 0 Å². The number of unbranched alkanes of at least 4 members (excludes halogenated alkanes) is 14. The van der Waals surface area contributed by atoms with Gasteiger partial charge in [-0.1, -0.05) is 96.8 Å². The molecule has 0 aromatic carbocycles. The molecule has 0 unspecified atom stereocenters. The SMILES string of the molecule is CCCCCCCCCCCCCCCCC[C@@]1(C)OC(=O)[C@@H](CN2C(=O)CC[C@H]2C(=O)OC)[C@@H]1O. The molecule has 2 aliphatic heterocycles. The molecule has 2 rings (SSSR count). The number of aliphatic hydroxyl groups is 1. The van der Waals surface area contributed by atoms with Crippen LogP contribution in [0, 0.1) is 5.92 Å². The van der Waals surface area contributed by atoms with Gasteiger partial charge in [-0.3, -0.25) is 9.59 Å². The molecule has 2 saturated heterocycles. The molecule has 2 heterocycles. The van der Waals surface area contributed by atoms with Crippen molar-refractivity contribution in [2.24, 2.45) is 5.92 Å². The van der Waals surface area contributed by atoms with Crippen LogP contribution in [-0.2, 0) is 23.9 Å². The van der Waals surface area contributed by atoms with E-state index in [2.05, 4.69) is 6.92 Å². The molecule has 0 aromatic heterocycles. The maximum absolute atomic E-state index is 12.6. The van der Waals surface area contributed by atoms with E-state index in [0.717, 1.165) is 19.3 Å². The van der Waals surface area contributed by atoms with Crippen LogP contribution < -0.4 is 0 Å². The number of carbonyl (C=O) groups excluding carboxylic acids is 3. The predicted molar refractivity (Wildman–Crippen MR) is 140 cm³/mol. The molecule has 0 saturated carbocycles. The first-order valence-electron chi connectivity index (χ1n) is 14.6. The molecule has 0 bridgehead atoms. The minimum atomic E-state index is -0.997. The number of aliphatic hydroxyl groups excluding tert-OH is 1. The zero-order chi connectivity index (χ0) is 26.4. The monoisotopic (exact) mass is 509 g/mol. The fourth-order valence-electron chi connectivity index (χ4n) is 5.70. The highest BCUT2D eigenvalue weighted by atomic mass is 16.6. The average Bonchev–Trinajstić information content (AvgIpc) is 3.33. The summed E-state index contributed by atoms with van der Waals surface area (Å²) in [6.45, 7) is 4.04. The van der Waals surface area contributed by atoms with Crippen molar-refractivity contribution in [3.05, 3.63) is 0 Å². The summed E-state index contributed by atoms with van der Waals surface area (Å²) in [6, 6.07) is -0.690. The second-order valence-electron chi connectivity index (χ2n) is 11.1. The molecule has 0 spiro atoms. The summed E-state index contributed by atoms with van der Waals surface area (Å²) in [4.78, 5) is 38.2.